The van der Waals surface area contributed by atoms with Gasteiger partial charge in [0.05, 0.1) is 13.0 Å². The van der Waals surface area contributed by atoms with Crippen LogP contribution in [0.3, 0.4) is 0 Å². The molecule has 21 heavy (non-hydrogen) atoms. The van der Waals surface area contributed by atoms with Crippen LogP contribution in [-0.2, 0) is 14.3 Å². The topological polar surface area (TPSA) is 47.6 Å². The average molecular weight is 293 g/mol. The Hall–Kier alpha value is -1.39. The molecule has 1 aromatic carbocycles. The molecule has 0 aliphatic rings. The van der Waals surface area contributed by atoms with E-state index in [0.717, 1.165) is 25.1 Å². The molecule has 0 spiro atoms. The number of ether oxygens (including phenoxy) is 2. The average Bonchev–Trinajstić information content (AvgIpc) is 2.50. The lowest BCUT2D eigenvalue weighted by molar-refractivity contribution is -0.142. The summed E-state index contributed by atoms with van der Waals surface area (Å²) in [6.07, 6.45) is 0.977. The number of hydrogen-bond donors (Lipinski definition) is 1. The SMILES string of the molecule is COCCC(C)(C)CNCC(C(=O)OC)c1ccccc1. The minimum atomic E-state index is -0.269. The highest BCUT2D eigenvalue weighted by atomic mass is 16.5. The number of carbonyl (C=O) groups is 1. The quantitative estimate of drug-likeness (QED) is 0.711. The standard InChI is InChI=1S/C17H27NO3/c1-17(2,10-11-20-3)13-18-12-15(16(19)21-4)14-8-6-5-7-9-14/h5-9,15,18H,10-13H2,1-4H3. The van der Waals surface area contributed by atoms with Crippen LogP contribution >= 0.6 is 0 Å². The van der Waals surface area contributed by atoms with E-state index in [2.05, 4.69) is 19.2 Å². The minimum absolute atomic E-state index is 0.132. The van der Waals surface area contributed by atoms with Gasteiger partial charge in [0.2, 0.25) is 0 Å². The zero-order chi connectivity index (χ0) is 15.7. The molecule has 0 aromatic heterocycles. The lowest BCUT2D eigenvalue weighted by atomic mass is 9.89. The molecule has 4 nitrogen and oxygen atoms in total. The molecule has 0 bridgehead atoms. The third kappa shape index (κ3) is 6.27. The van der Waals surface area contributed by atoms with Crippen molar-refractivity contribution in [2.45, 2.75) is 26.2 Å². The van der Waals surface area contributed by atoms with Crippen molar-refractivity contribution in [1.82, 2.24) is 5.32 Å². The molecule has 1 unspecified atom stereocenters. The molecule has 4 heteroatoms. The first-order chi connectivity index (χ1) is 10.00. The molecular weight excluding hydrogens is 266 g/mol. The molecular formula is C17H27NO3. The first-order valence-electron chi connectivity index (χ1n) is 7.32. The predicted octanol–water partition coefficient (Wildman–Crippen LogP) is 2.60. The molecule has 0 amide bonds. The highest BCUT2D eigenvalue weighted by Gasteiger charge is 2.23. The number of esters is 1. The van der Waals surface area contributed by atoms with E-state index in [4.69, 9.17) is 9.47 Å². The van der Waals surface area contributed by atoms with Gasteiger partial charge in [0.15, 0.2) is 0 Å². The number of benzene rings is 1. The first kappa shape index (κ1) is 17.7. The van der Waals surface area contributed by atoms with E-state index in [0.29, 0.717) is 6.54 Å². The van der Waals surface area contributed by atoms with Gasteiger partial charge in [0.1, 0.15) is 0 Å². The van der Waals surface area contributed by atoms with Crippen molar-refractivity contribution in [3.05, 3.63) is 35.9 Å². The summed E-state index contributed by atoms with van der Waals surface area (Å²) in [6.45, 7) is 6.53. The Morgan fingerprint density at radius 2 is 1.90 bits per heavy atom. The Kier molecular flexibility index (Phi) is 7.40. The second kappa shape index (κ2) is 8.80. The number of nitrogens with one attached hydrogen (secondary N) is 1. The minimum Gasteiger partial charge on any atom is -0.469 e. The van der Waals surface area contributed by atoms with E-state index in [1.807, 2.05) is 30.3 Å². The van der Waals surface area contributed by atoms with Gasteiger partial charge in [-0.25, -0.2) is 0 Å². The van der Waals surface area contributed by atoms with E-state index in [-0.39, 0.29) is 17.3 Å². The summed E-state index contributed by atoms with van der Waals surface area (Å²) in [5.41, 5.74) is 1.11. The lowest BCUT2D eigenvalue weighted by Crippen LogP contribution is -2.35. The third-order valence-electron chi connectivity index (χ3n) is 3.62. The predicted molar refractivity (Wildman–Crippen MR) is 84.3 cm³/mol. The number of carbonyl (C=O) groups excluding carboxylic acids is 1. The van der Waals surface area contributed by atoms with Gasteiger partial charge in [-0.05, 0) is 17.4 Å². The molecule has 118 valence electrons. The van der Waals surface area contributed by atoms with Crippen molar-refractivity contribution in [3.8, 4) is 0 Å². The Bertz CT molecular complexity index is 417. The van der Waals surface area contributed by atoms with Crippen LogP contribution < -0.4 is 5.32 Å². The Labute approximate surface area is 127 Å². The summed E-state index contributed by atoms with van der Waals surface area (Å²) in [6, 6.07) is 9.74. The Morgan fingerprint density at radius 3 is 2.48 bits per heavy atom. The van der Waals surface area contributed by atoms with Gasteiger partial charge < -0.3 is 14.8 Å². The number of rotatable bonds is 9. The molecule has 0 aliphatic heterocycles. The van der Waals surface area contributed by atoms with Crippen molar-refractivity contribution in [1.29, 1.82) is 0 Å². The molecule has 0 radical (unpaired) electrons. The fraction of sp³-hybridized carbons (Fsp3) is 0.588. The van der Waals surface area contributed by atoms with Crippen LogP contribution in [0.1, 0.15) is 31.7 Å². The van der Waals surface area contributed by atoms with E-state index in [1.54, 1.807) is 7.11 Å². The number of hydrogen-bond acceptors (Lipinski definition) is 4. The molecule has 1 atom stereocenters. The van der Waals surface area contributed by atoms with Gasteiger partial charge in [0, 0.05) is 26.8 Å². The van der Waals surface area contributed by atoms with Gasteiger partial charge >= 0.3 is 5.97 Å². The second-order valence-corrected chi connectivity index (χ2v) is 6.02. The van der Waals surface area contributed by atoms with Crippen molar-refractivity contribution in [3.63, 3.8) is 0 Å². The van der Waals surface area contributed by atoms with Gasteiger partial charge in [-0.2, -0.15) is 0 Å². The largest absolute Gasteiger partial charge is 0.469 e. The molecule has 1 rings (SSSR count). The van der Waals surface area contributed by atoms with Crippen LogP contribution in [0.4, 0.5) is 0 Å². The zero-order valence-electron chi connectivity index (χ0n) is 13.5. The summed E-state index contributed by atoms with van der Waals surface area (Å²) in [7, 11) is 3.15. The van der Waals surface area contributed by atoms with Crippen LogP contribution in [-0.4, -0.2) is 39.9 Å². The molecule has 0 aliphatic carbocycles. The van der Waals surface area contributed by atoms with Crippen molar-refractivity contribution in [2.24, 2.45) is 5.41 Å². The summed E-state index contributed by atoms with van der Waals surface area (Å²) >= 11 is 0. The summed E-state index contributed by atoms with van der Waals surface area (Å²) in [4.78, 5) is 12.0. The molecule has 0 saturated carbocycles. The van der Waals surface area contributed by atoms with Gasteiger partial charge in [-0.15, -0.1) is 0 Å². The van der Waals surface area contributed by atoms with Crippen molar-refractivity contribution < 1.29 is 14.3 Å². The summed E-state index contributed by atoms with van der Waals surface area (Å²) in [5, 5.41) is 3.39. The van der Waals surface area contributed by atoms with E-state index >= 15 is 0 Å². The molecule has 0 heterocycles. The second-order valence-electron chi connectivity index (χ2n) is 6.02. The fourth-order valence-corrected chi connectivity index (χ4v) is 2.19. The normalized spacial score (nSPS) is 13.0. The smallest absolute Gasteiger partial charge is 0.314 e. The van der Waals surface area contributed by atoms with Gasteiger partial charge in [-0.3, -0.25) is 4.79 Å². The molecule has 0 saturated heterocycles. The van der Waals surface area contributed by atoms with Crippen molar-refractivity contribution in [2.75, 3.05) is 33.9 Å². The zero-order valence-corrected chi connectivity index (χ0v) is 13.5. The summed E-state index contributed by atoms with van der Waals surface area (Å²) < 4.78 is 10.0. The van der Waals surface area contributed by atoms with E-state index in [1.165, 1.54) is 7.11 Å². The van der Waals surface area contributed by atoms with Crippen LogP contribution in [0.5, 0.6) is 0 Å². The van der Waals surface area contributed by atoms with Crippen LogP contribution in [0, 0.1) is 5.41 Å². The monoisotopic (exact) mass is 293 g/mol. The maximum absolute atomic E-state index is 12.0. The third-order valence-corrected chi connectivity index (χ3v) is 3.62. The fourth-order valence-electron chi connectivity index (χ4n) is 2.19. The highest BCUT2D eigenvalue weighted by Crippen LogP contribution is 2.20. The van der Waals surface area contributed by atoms with Crippen LogP contribution in [0.25, 0.3) is 0 Å². The van der Waals surface area contributed by atoms with Gasteiger partial charge in [0.25, 0.3) is 0 Å². The van der Waals surface area contributed by atoms with Gasteiger partial charge in [-0.1, -0.05) is 44.2 Å². The summed E-state index contributed by atoms with van der Waals surface area (Å²) in [5.74, 6) is -0.474. The highest BCUT2D eigenvalue weighted by molar-refractivity contribution is 5.78. The molecule has 0 fully saturated rings. The molecule has 1 N–H and O–H groups in total. The Balaban J connectivity index is 2.57. The van der Waals surface area contributed by atoms with Crippen LogP contribution in [0.2, 0.25) is 0 Å². The maximum atomic E-state index is 12.0. The van der Waals surface area contributed by atoms with E-state index < -0.39 is 0 Å². The lowest BCUT2D eigenvalue weighted by Gasteiger charge is -2.26. The first-order valence-corrected chi connectivity index (χ1v) is 7.32. The van der Waals surface area contributed by atoms with Crippen molar-refractivity contribution >= 4 is 5.97 Å². The maximum Gasteiger partial charge on any atom is 0.314 e. The van der Waals surface area contributed by atoms with E-state index in [9.17, 15) is 4.79 Å². The number of methoxy groups -OCH3 is 2. The molecule has 1 aromatic rings. The Morgan fingerprint density at radius 1 is 1.24 bits per heavy atom. The van der Waals surface area contributed by atoms with Crippen LogP contribution in [0.15, 0.2) is 30.3 Å².